The fraction of sp³-hybridized carbons (Fsp3) is 0.500. The van der Waals surface area contributed by atoms with Crippen LogP contribution in [0.3, 0.4) is 0 Å². The van der Waals surface area contributed by atoms with E-state index in [9.17, 15) is 0 Å². The first-order chi connectivity index (χ1) is 8.72. The zero-order valence-corrected chi connectivity index (χ0v) is 11.1. The van der Waals surface area contributed by atoms with E-state index in [1.165, 1.54) is 0 Å². The summed E-state index contributed by atoms with van der Waals surface area (Å²) in [5.41, 5.74) is 1.05. The van der Waals surface area contributed by atoms with Gasteiger partial charge < -0.3 is 15.1 Å². The minimum atomic E-state index is -0.122. The number of rotatable bonds is 7. The molecule has 100 valence electrons. The van der Waals surface area contributed by atoms with Crippen molar-refractivity contribution in [2.75, 3.05) is 31.7 Å². The molecule has 0 unspecified atom stereocenters. The lowest BCUT2D eigenvalue weighted by atomic mass is 10.0. The predicted octanol–water partition coefficient (Wildman–Crippen LogP) is 1.24. The van der Waals surface area contributed by atoms with Crippen molar-refractivity contribution in [2.45, 2.75) is 13.3 Å². The van der Waals surface area contributed by atoms with Gasteiger partial charge in [0.2, 0.25) is 0 Å². The first-order valence-corrected chi connectivity index (χ1v) is 6.20. The molecule has 18 heavy (non-hydrogen) atoms. The summed E-state index contributed by atoms with van der Waals surface area (Å²) in [7, 11) is 1.98. The molecule has 0 aliphatic heterocycles. The summed E-state index contributed by atoms with van der Waals surface area (Å²) in [6, 6.07) is 3.88. The molecule has 0 aliphatic rings. The third kappa shape index (κ3) is 4.13. The molecular weight excluding hydrogens is 228 g/mol. The maximum Gasteiger partial charge on any atom is 0.131 e. The van der Waals surface area contributed by atoms with Gasteiger partial charge in [0.25, 0.3) is 0 Å². The Hall–Kier alpha value is -1.39. The summed E-state index contributed by atoms with van der Waals surface area (Å²) in [6.45, 7) is 2.76. The van der Waals surface area contributed by atoms with Gasteiger partial charge in [0.05, 0.1) is 0 Å². The number of aromatic nitrogens is 1. The van der Waals surface area contributed by atoms with Crippen molar-refractivity contribution < 1.29 is 10.2 Å². The molecule has 1 aromatic heterocycles. The van der Waals surface area contributed by atoms with Gasteiger partial charge in [0.1, 0.15) is 5.82 Å². The molecule has 0 bridgehead atoms. The maximum absolute atomic E-state index is 9.15. The standard InChI is InChI=1S/C14H22N2O2/c1-3-4-8-16(2)14-13(6-5-7-15-14)9-12(10-17)11-18/h3-7,12,17-18H,8-11H2,1-2H3. The van der Waals surface area contributed by atoms with Crippen LogP contribution < -0.4 is 4.90 Å². The minimum Gasteiger partial charge on any atom is -0.396 e. The Morgan fingerprint density at radius 1 is 1.39 bits per heavy atom. The number of likely N-dealkylation sites (N-methyl/N-ethyl adjacent to an activating group) is 1. The molecule has 4 heteroatoms. The van der Waals surface area contributed by atoms with Crippen LogP contribution in [0.25, 0.3) is 0 Å². The molecule has 0 saturated heterocycles. The van der Waals surface area contributed by atoms with Gasteiger partial charge in [0, 0.05) is 38.9 Å². The van der Waals surface area contributed by atoms with Gasteiger partial charge in [-0.2, -0.15) is 0 Å². The fourth-order valence-corrected chi connectivity index (χ4v) is 1.78. The first kappa shape index (κ1) is 14.7. The lowest BCUT2D eigenvalue weighted by Gasteiger charge is -2.21. The molecule has 0 aromatic carbocycles. The third-order valence-electron chi connectivity index (χ3n) is 2.87. The second kappa shape index (κ2) is 7.84. The van der Waals surface area contributed by atoms with Gasteiger partial charge in [-0.1, -0.05) is 18.2 Å². The van der Waals surface area contributed by atoms with Crippen molar-refractivity contribution in [3.05, 3.63) is 36.0 Å². The molecule has 0 amide bonds. The van der Waals surface area contributed by atoms with Gasteiger partial charge in [0.15, 0.2) is 0 Å². The highest BCUT2D eigenvalue weighted by Gasteiger charge is 2.13. The van der Waals surface area contributed by atoms with Gasteiger partial charge >= 0.3 is 0 Å². The third-order valence-corrected chi connectivity index (χ3v) is 2.87. The van der Waals surface area contributed by atoms with E-state index in [-0.39, 0.29) is 19.1 Å². The van der Waals surface area contributed by atoms with E-state index in [0.29, 0.717) is 6.42 Å². The van der Waals surface area contributed by atoms with Crippen molar-refractivity contribution in [3.8, 4) is 0 Å². The van der Waals surface area contributed by atoms with Crippen molar-refractivity contribution in [1.29, 1.82) is 0 Å². The normalized spacial score (nSPS) is 11.4. The van der Waals surface area contributed by atoms with Crippen LogP contribution in [-0.4, -0.2) is 42.0 Å². The number of nitrogens with zero attached hydrogens (tertiary/aromatic N) is 2. The number of aliphatic hydroxyl groups is 2. The summed E-state index contributed by atoms with van der Waals surface area (Å²) in [5, 5.41) is 18.3. The molecule has 1 rings (SSSR count). The number of pyridine rings is 1. The molecule has 0 spiro atoms. The van der Waals surface area contributed by atoms with Gasteiger partial charge in [-0.15, -0.1) is 0 Å². The van der Waals surface area contributed by atoms with Gasteiger partial charge in [-0.3, -0.25) is 0 Å². The number of allylic oxidation sites excluding steroid dienone is 1. The SMILES string of the molecule is CC=CCN(C)c1ncccc1CC(CO)CO. The highest BCUT2D eigenvalue weighted by molar-refractivity contribution is 5.46. The Morgan fingerprint density at radius 3 is 2.72 bits per heavy atom. The molecule has 1 aromatic rings. The summed E-state index contributed by atoms with van der Waals surface area (Å²) >= 11 is 0. The molecule has 0 atom stereocenters. The second-order valence-corrected chi connectivity index (χ2v) is 4.37. The Labute approximate surface area is 109 Å². The van der Waals surface area contributed by atoms with E-state index >= 15 is 0 Å². The molecule has 1 heterocycles. The Bertz CT molecular complexity index is 376. The lowest BCUT2D eigenvalue weighted by molar-refractivity contribution is 0.150. The quantitative estimate of drug-likeness (QED) is 0.715. The van der Waals surface area contributed by atoms with Crippen molar-refractivity contribution >= 4 is 5.82 Å². The van der Waals surface area contributed by atoms with Gasteiger partial charge in [-0.25, -0.2) is 4.98 Å². The largest absolute Gasteiger partial charge is 0.396 e. The van der Waals surface area contributed by atoms with E-state index in [1.807, 2.05) is 32.2 Å². The summed E-state index contributed by atoms with van der Waals surface area (Å²) in [5.74, 6) is 0.783. The molecule has 2 N–H and O–H groups in total. The number of hydrogen-bond acceptors (Lipinski definition) is 4. The number of hydrogen-bond donors (Lipinski definition) is 2. The maximum atomic E-state index is 9.15. The minimum absolute atomic E-state index is 0.0105. The van der Waals surface area contributed by atoms with Crippen LogP contribution in [0.1, 0.15) is 12.5 Å². The van der Waals surface area contributed by atoms with Crippen LogP contribution in [0.4, 0.5) is 5.82 Å². The monoisotopic (exact) mass is 250 g/mol. The molecule has 0 fully saturated rings. The van der Waals surface area contributed by atoms with Crippen molar-refractivity contribution in [1.82, 2.24) is 4.98 Å². The van der Waals surface area contributed by atoms with Crippen molar-refractivity contribution in [3.63, 3.8) is 0 Å². The lowest BCUT2D eigenvalue weighted by Crippen LogP contribution is -2.22. The molecular formula is C14H22N2O2. The Balaban J connectivity index is 2.84. The van der Waals surface area contributed by atoms with Crippen LogP contribution in [0.15, 0.2) is 30.5 Å². The Morgan fingerprint density at radius 2 is 2.11 bits per heavy atom. The van der Waals surface area contributed by atoms with Crippen molar-refractivity contribution in [2.24, 2.45) is 5.92 Å². The van der Waals surface area contributed by atoms with Crippen LogP contribution in [0, 0.1) is 5.92 Å². The smallest absolute Gasteiger partial charge is 0.131 e. The van der Waals surface area contributed by atoms with E-state index in [4.69, 9.17) is 10.2 Å². The first-order valence-electron chi connectivity index (χ1n) is 6.20. The molecule has 0 saturated carbocycles. The van der Waals surface area contributed by atoms with Gasteiger partial charge in [-0.05, 0) is 25.0 Å². The Kier molecular flexibility index (Phi) is 6.39. The molecule has 4 nitrogen and oxygen atoms in total. The topological polar surface area (TPSA) is 56.6 Å². The summed E-state index contributed by atoms with van der Waals surface area (Å²) in [6.07, 6.45) is 6.46. The zero-order chi connectivity index (χ0) is 13.4. The van der Waals surface area contributed by atoms with Crippen LogP contribution in [0.2, 0.25) is 0 Å². The zero-order valence-electron chi connectivity index (χ0n) is 11.1. The molecule has 0 radical (unpaired) electrons. The van der Waals surface area contributed by atoms with E-state index in [2.05, 4.69) is 16.0 Å². The molecule has 0 aliphatic carbocycles. The highest BCUT2D eigenvalue weighted by atomic mass is 16.3. The van der Waals surface area contributed by atoms with Crippen LogP contribution >= 0.6 is 0 Å². The summed E-state index contributed by atoms with van der Waals surface area (Å²) < 4.78 is 0. The number of anilines is 1. The number of aliphatic hydroxyl groups excluding tert-OH is 2. The van der Waals surface area contributed by atoms with E-state index in [0.717, 1.165) is 17.9 Å². The second-order valence-electron chi connectivity index (χ2n) is 4.37. The van der Waals surface area contributed by atoms with Crippen LogP contribution in [-0.2, 0) is 6.42 Å². The van der Waals surface area contributed by atoms with Crippen LogP contribution in [0.5, 0.6) is 0 Å². The fourth-order valence-electron chi connectivity index (χ4n) is 1.78. The van der Waals surface area contributed by atoms with E-state index in [1.54, 1.807) is 6.20 Å². The highest BCUT2D eigenvalue weighted by Crippen LogP contribution is 2.19. The predicted molar refractivity (Wildman–Crippen MR) is 73.7 cm³/mol. The van der Waals surface area contributed by atoms with E-state index < -0.39 is 0 Å². The summed E-state index contributed by atoms with van der Waals surface area (Å²) in [4.78, 5) is 6.44. The average Bonchev–Trinajstić information content (AvgIpc) is 2.42. The average molecular weight is 250 g/mol.